The largest absolute Gasteiger partial charge is 0.495 e. The lowest BCUT2D eigenvalue weighted by molar-refractivity contribution is -0.137. The highest BCUT2D eigenvalue weighted by Crippen LogP contribution is 2.60. The Labute approximate surface area is 297 Å². The molecule has 1 aliphatic carbocycles. The van der Waals surface area contributed by atoms with E-state index in [9.17, 15) is 22.9 Å². The number of rotatable bonds is 13. The molecule has 2 aromatic carbocycles. The molecule has 2 aliphatic heterocycles. The molecule has 51 heavy (non-hydrogen) atoms. The van der Waals surface area contributed by atoms with E-state index in [0.717, 1.165) is 36.8 Å². The predicted molar refractivity (Wildman–Crippen MR) is 191 cm³/mol. The fourth-order valence-corrected chi connectivity index (χ4v) is 9.34. The summed E-state index contributed by atoms with van der Waals surface area (Å²) < 4.78 is 59.5. The number of halogens is 3. The minimum Gasteiger partial charge on any atom is -0.495 e. The number of alkyl halides is 3. The van der Waals surface area contributed by atoms with E-state index in [2.05, 4.69) is 25.5 Å². The molecule has 6 rings (SSSR count). The molecule has 1 aromatic heterocycles. The van der Waals surface area contributed by atoms with Gasteiger partial charge in [-0.2, -0.15) is 32.1 Å². The monoisotopic (exact) mass is 731 g/mol. The standard InChI is InChI=1S/C36H46F3N6O5P/c1-5-49-51(47,50-6-2)22-23-9-15-29(31(19-23)48-4)42-35-40-20-28(36(37,38)39)33(43-35)41-30-16-14-26(27-21-44(3)34(46)32(27)30)24-10-12-25(13-11-24)45-17-7-8-18-45/h9,14-16,19-20,24-25,47H,5-8,10-13,17-18,21-22H2,1-4H3,(H-,40,41,42,43,46)/p+1. The summed E-state index contributed by atoms with van der Waals surface area (Å²) in [6, 6.07) is 9.34. The number of hydrogen-bond acceptors (Lipinski definition) is 10. The number of likely N-dealkylation sites (tertiary alicyclic amines) is 1. The van der Waals surface area contributed by atoms with Crippen LogP contribution in [0.15, 0.2) is 36.5 Å². The van der Waals surface area contributed by atoms with Gasteiger partial charge in [-0.25, -0.2) is 4.98 Å². The topological polar surface area (TPSA) is 121 Å². The second-order valence-electron chi connectivity index (χ2n) is 13.3. The number of amides is 1. The van der Waals surface area contributed by atoms with Crippen molar-refractivity contribution in [3.05, 3.63) is 64.3 Å². The molecular formula is C36H47F3N6O5P+. The number of nitrogens with one attached hydrogen (secondary N) is 2. The number of nitrogens with zero attached hydrogens (tertiary/aromatic N) is 4. The molecule has 0 bridgehead atoms. The first-order valence-electron chi connectivity index (χ1n) is 17.6. The Bertz CT molecular complexity index is 1710. The summed E-state index contributed by atoms with van der Waals surface area (Å²) >= 11 is 0. The van der Waals surface area contributed by atoms with Crippen LogP contribution in [0.5, 0.6) is 5.75 Å². The first-order chi connectivity index (χ1) is 24.4. The molecule has 3 aromatic rings. The first-order valence-corrected chi connectivity index (χ1v) is 19.4. The van der Waals surface area contributed by atoms with E-state index in [1.807, 2.05) is 6.07 Å². The van der Waals surface area contributed by atoms with Gasteiger partial charge in [-0.05, 0) is 101 Å². The third-order valence-corrected chi connectivity index (χ3v) is 12.1. The predicted octanol–water partition coefficient (Wildman–Crippen LogP) is 8.03. The van der Waals surface area contributed by atoms with Crippen molar-refractivity contribution in [2.75, 3.05) is 51.1 Å². The molecule has 2 fully saturated rings. The van der Waals surface area contributed by atoms with E-state index in [-0.39, 0.29) is 36.9 Å². The minimum atomic E-state index is -4.76. The third-order valence-electron chi connectivity index (χ3n) is 10.0. The Morgan fingerprint density at radius 3 is 2.33 bits per heavy atom. The Balaban J connectivity index is 1.26. The first kappa shape index (κ1) is 37.2. The van der Waals surface area contributed by atoms with Crippen molar-refractivity contribution in [2.45, 2.75) is 83.2 Å². The summed E-state index contributed by atoms with van der Waals surface area (Å²) in [4.78, 5) is 36.8. The zero-order chi connectivity index (χ0) is 36.3. The van der Waals surface area contributed by atoms with Crippen molar-refractivity contribution in [2.24, 2.45) is 0 Å². The van der Waals surface area contributed by atoms with Gasteiger partial charge < -0.3 is 25.2 Å². The maximum absolute atomic E-state index is 14.3. The lowest BCUT2D eigenvalue weighted by atomic mass is 9.79. The number of fused-ring (bicyclic) bond motifs is 1. The molecule has 1 amide bonds. The van der Waals surface area contributed by atoms with E-state index in [1.165, 1.54) is 33.0 Å². The van der Waals surface area contributed by atoms with Gasteiger partial charge in [0.2, 0.25) is 5.95 Å². The summed E-state index contributed by atoms with van der Waals surface area (Å²) in [6.07, 6.45) is 2.83. The molecule has 3 heterocycles. The second kappa shape index (κ2) is 15.6. The highest BCUT2D eigenvalue weighted by atomic mass is 31.2. The third kappa shape index (κ3) is 8.25. The van der Waals surface area contributed by atoms with Crippen LogP contribution in [0.1, 0.15) is 90.9 Å². The lowest BCUT2D eigenvalue weighted by Crippen LogP contribution is -2.35. The zero-order valence-corrected chi connectivity index (χ0v) is 30.4. The van der Waals surface area contributed by atoms with Crippen LogP contribution in [-0.4, -0.2) is 77.1 Å². The van der Waals surface area contributed by atoms with Crippen molar-refractivity contribution < 1.29 is 36.6 Å². The van der Waals surface area contributed by atoms with E-state index in [0.29, 0.717) is 47.3 Å². The quantitative estimate of drug-likeness (QED) is 0.149. The molecule has 0 spiro atoms. The number of carbonyl (C=O) groups is 1. The molecule has 0 radical (unpaired) electrons. The fourth-order valence-electron chi connectivity index (χ4n) is 7.62. The van der Waals surface area contributed by atoms with Gasteiger partial charge in [0.05, 0.1) is 37.3 Å². The van der Waals surface area contributed by atoms with Gasteiger partial charge >= 0.3 is 14.1 Å². The fraction of sp³-hybridized carbons (Fsp3) is 0.528. The van der Waals surface area contributed by atoms with Gasteiger partial charge in [-0.3, -0.25) is 4.79 Å². The van der Waals surface area contributed by atoms with Gasteiger partial charge in [0.25, 0.3) is 5.91 Å². The number of carbonyl (C=O) groups excluding carboxylic acids is 1. The Kier molecular flexibility index (Phi) is 11.4. The number of benzene rings is 2. The van der Waals surface area contributed by atoms with E-state index >= 15 is 0 Å². The van der Waals surface area contributed by atoms with Crippen molar-refractivity contribution in [1.82, 2.24) is 19.8 Å². The number of aromatic nitrogens is 2. The SMILES string of the molecule is CCO[P+](O)(Cc1ccc(Nc2ncc(C(F)(F)F)c(Nc3ccc(C4CCC(N5CCCC5)CC4)c4c3C(=O)N(C)C4)n2)c(OC)c1)OCC. The highest BCUT2D eigenvalue weighted by molar-refractivity contribution is 7.59. The lowest BCUT2D eigenvalue weighted by Gasteiger charge is -2.35. The van der Waals surface area contributed by atoms with Crippen LogP contribution in [0, 0.1) is 0 Å². The average Bonchev–Trinajstić information content (AvgIpc) is 3.74. The number of ether oxygens (including phenoxy) is 1. The van der Waals surface area contributed by atoms with Crippen LogP contribution in [0.25, 0.3) is 0 Å². The molecule has 1 saturated carbocycles. The van der Waals surface area contributed by atoms with E-state index in [4.69, 9.17) is 13.8 Å². The van der Waals surface area contributed by atoms with Crippen LogP contribution < -0.4 is 15.4 Å². The Morgan fingerprint density at radius 2 is 1.69 bits per heavy atom. The van der Waals surface area contributed by atoms with Gasteiger partial charge in [0, 0.05) is 31.4 Å². The van der Waals surface area contributed by atoms with Crippen molar-refractivity contribution in [3.8, 4) is 5.75 Å². The molecule has 0 atom stereocenters. The summed E-state index contributed by atoms with van der Waals surface area (Å²) in [5.74, 6) is -0.199. The van der Waals surface area contributed by atoms with Crippen molar-refractivity contribution in [3.63, 3.8) is 0 Å². The molecule has 11 nitrogen and oxygen atoms in total. The maximum atomic E-state index is 14.3. The molecule has 276 valence electrons. The van der Waals surface area contributed by atoms with E-state index < -0.39 is 25.5 Å². The number of methoxy groups -OCH3 is 1. The average molecular weight is 732 g/mol. The summed E-state index contributed by atoms with van der Waals surface area (Å²) in [6.45, 7) is 6.83. The smallest absolute Gasteiger partial charge is 0.421 e. The molecule has 3 aliphatic rings. The normalized spacial score (nSPS) is 19.8. The van der Waals surface area contributed by atoms with Gasteiger partial charge in [0.1, 0.15) is 17.1 Å². The molecule has 1 saturated heterocycles. The zero-order valence-electron chi connectivity index (χ0n) is 29.6. The molecular weight excluding hydrogens is 684 g/mol. The van der Waals surface area contributed by atoms with Gasteiger partial charge in [0.15, 0.2) is 6.16 Å². The van der Waals surface area contributed by atoms with Crippen molar-refractivity contribution in [1.29, 1.82) is 0 Å². The van der Waals surface area contributed by atoms with Crippen LogP contribution in [0.2, 0.25) is 0 Å². The summed E-state index contributed by atoms with van der Waals surface area (Å²) in [5, 5.41) is 5.83. The minimum absolute atomic E-state index is 0.115. The Hall–Kier alpha value is -3.55. The summed E-state index contributed by atoms with van der Waals surface area (Å²) in [7, 11) is 0.0225. The van der Waals surface area contributed by atoms with Crippen LogP contribution in [0.4, 0.5) is 36.3 Å². The summed E-state index contributed by atoms with van der Waals surface area (Å²) in [5.41, 5.74) is 2.63. The number of hydrogen-bond donors (Lipinski definition) is 3. The molecule has 15 heteroatoms. The molecule has 0 unspecified atom stereocenters. The van der Waals surface area contributed by atoms with Crippen molar-refractivity contribution >= 4 is 37.0 Å². The highest BCUT2D eigenvalue weighted by Gasteiger charge is 2.41. The maximum Gasteiger partial charge on any atom is 0.421 e. The van der Waals surface area contributed by atoms with Gasteiger partial charge in [-0.15, -0.1) is 0 Å². The molecule has 3 N–H and O–H groups in total. The van der Waals surface area contributed by atoms with E-state index in [1.54, 1.807) is 50.1 Å². The van der Waals surface area contributed by atoms with Crippen LogP contribution in [0.3, 0.4) is 0 Å². The van der Waals surface area contributed by atoms with Crippen LogP contribution >= 0.6 is 7.94 Å². The Morgan fingerprint density at radius 1 is 1.00 bits per heavy atom. The number of anilines is 4. The van der Waals surface area contributed by atoms with Crippen LogP contribution in [-0.2, 0) is 27.9 Å². The second-order valence-corrected chi connectivity index (χ2v) is 15.4. The van der Waals surface area contributed by atoms with Gasteiger partial charge in [-0.1, -0.05) is 12.1 Å².